The number of H-pyrrole nitrogens is 2. The van der Waals surface area contributed by atoms with Gasteiger partial charge in [0, 0.05) is 54.9 Å². The lowest BCUT2D eigenvalue weighted by atomic mass is 9.99. The minimum Gasteiger partial charge on any atom is -0.484 e. The third-order valence-electron chi connectivity index (χ3n) is 7.60. The van der Waals surface area contributed by atoms with Crippen LogP contribution in [0.4, 0.5) is 0 Å². The molecule has 4 aromatic rings. The third-order valence-corrected chi connectivity index (χ3v) is 8.26. The zero-order valence-electron chi connectivity index (χ0n) is 29.4. The van der Waals surface area contributed by atoms with Crippen molar-refractivity contribution in [2.45, 2.75) is 53.8 Å². The number of aromatic amines is 2. The Morgan fingerprint density at radius 2 is 1.04 bits per heavy atom. The molecule has 6 N–H and O–H groups in total. The molecule has 14 heteroatoms. The molecule has 2 heterocycles. The second-order valence-electron chi connectivity index (χ2n) is 11.2. The van der Waals surface area contributed by atoms with Gasteiger partial charge in [-0.25, -0.2) is 0 Å². The number of halogens is 2. The van der Waals surface area contributed by atoms with Gasteiger partial charge < -0.3 is 40.7 Å². The van der Waals surface area contributed by atoms with Crippen LogP contribution in [0.15, 0.2) is 48.5 Å². The van der Waals surface area contributed by atoms with Crippen molar-refractivity contribution >= 4 is 46.8 Å². The Hall–Kier alpha value is -4.94. The van der Waals surface area contributed by atoms with Gasteiger partial charge in [-0.05, 0) is 70.4 Å². The highest BCUT2D eigenvalue weighted by molar-refractivity contribution is 6.36. The van der Waals surface area contributed by atoms with E-state index in [0.29, 0.717) is 40.1 Å². The topological polar surface area (TPSA) is 166 Å². The van der Waals surface area contributed by atoms with E-state index < -0.39 is 12.0 Å². The molecule has 0 bridgehead atoms. The smallest absolute Gasteiger partial charge is 0.271 e. The predicted octanol–water partition coefficient (Wildman–Crippen LogP) is 6.45. The first kappa shape index (κ1) is 39.5. The molecule has 268 valence electrons. The van der Waals surface area contributed by atoms with E-state index in [0.717, 1.165) is 16.7 Å². The molecule has 2 unspecified atom stereocenters. The number of carbonyl (C=O) groups is 4. The summed E-state index contributed by atoms with van der Waals surface area (Å²) in [6, 6.07) is 14.3. The van der Waals surface area contributed by atoms with Crippen LogP contribution in [0, 0.1) is 13.8 Å². The summed E-state index contributed by atoms with van der Waals surface area (Å²) in [5.74, 6) is -0.740. The minimum absolute atomic E-state index is 0.152. The van der Waals surface area contributed by atoms with E-state index in [1.54, 1.807) is 38.1 Å². The second kappa shape index (κ2) is 18.2. The Morgan fingerprint density at radius 1 is 0.660 bits per heavy atom. The minimum atomic E-state index is -0.525. The fraction of sp³-hybridized carbons (Fsp3) is 0.333. The summed E-state index contributed by atoms with van der Waals surface area (Å²) in [5.41, 5.74) is 4.83. The zero-order chi connectivity index (χ0) is 37.1. The van der Waals surface area contributed by atoms with E-state index in [9.17, 15) is 19.2 Å². The lowest BCUT2D eigenvalue weighted by molar-refractivity contribution is 0.0935. The molecule has 0 fully saturated rings. The maximum atomic E-state index is 12.1. The fourth-order valence-corrected chi connectivity index (χ4v) is 5.97. The van der Waals surface area contributed by atoms with Gasteiger partial charge in [0.15, 0.2) is 11.5 Å². The van der Waals surface area contributed by atoms with E-state index in [-0.39, 0.29) is 46.7 Å². The van der Waals surface area contributed by atoms with Gasteiger partial charge in [0.2, 0.25) is 0 Å². The van der Waals surface area contributed by atoms with E-state index in [1.807, 2.05) is 45.9 Å². The van der Waals surface area contributed by atoms with Gasteiger partial charge in [-0.2, -0.15) is 0 Å². The highest BCUT2D eigenvalue weighted by Crippen LogP contribution is 2.34. The van der Waals surface area contributed by atoms with Gasteiger partial charge in [-0.1, -0.05) is 47.5 Å². The number of aryl methyl sites for hydroxylation is 2. The predicted molar refractivity (Wildman–Crippen MR) is 195 cm³/mol. The van der Waals surface area contributed by atoms with Gasteiger partial charge in [-0.3, -0.25) is 19.2 Å². The summed E-state index contributed by atoms with van der Waals surface area (Å²) in [4.78, 5) is 53.9. The number of nitrogens with one attached hydrogen (secondary N) is 6. The number of hydrogen-bond acceptors (Lipinski definition) is 6. The van der Waals surface area contributed by atoms with Crippen LogP contribution in [0.1, 0.15) is 104 Å². The standard InChI is InChI=1S/C19H25N3O3.C17H19Cl2N3O3/c1-6-21-18(23)14-10-15(17(22-14)19(24)20-5)25-13(4)16-11(2)8-7-9-12(16)3;1-4-21-16(23)12-8-13(15(22-12)17(24)20-3)25-9(2)14-10(18)6-5-7-11(14)19/h7-10,13,22H,6H2,1-5H3,(H,20,24)(H,21,23);5-9,22H,4H2,1-3H3,(H,20,24)(H,21,23). The largest absolute Gasteiger partial charge is 0.484 e. The molecule has 2 aromatic carbocycles. The van der Waals surface area contributed by atoms with Crippen molar-refractivity contribution in [1.29, 1.82) is 0 Å². The van der Waals surface area contributed by atoms with Crippen molar-refractivity contribution in [2.24, 2.45) is 0 Å². The van der Waals surface area contributed by atoms with Crippen LogP contribution < -0.4 is 30.7 Å². The van der Waals surface area contributed by atoms with Crippen LogP contribution in [0.25, 0.3) is 0 Å². The van der Waals surface area contributed by atoms with Crippen LogP contribution >= 0.6 is 23.2 Å². The third kappa shape index (κ3) is 9.60. The Balaban J connectivity index is 0.000000270. The van der Waals surface area contributed by atoms with Gasteiger partial charge >= 0.3 is 0 Å². The number of rotatable bonds is 12. The molecule has 0 spiro atoms. The average Bonchev–Trinajstić information content (AvgIpc) is 3.69. The van der Waals surface area contributed by atoms with Crippen LogP contribution in [0.3, 0.4) is 0 Å². The van der Waals surface area contributed by atoms with Crippen LogP contribution in [-0.4, -0.2) is 60.8 Å². The van der Waals surface area contributed by atoms with Crippen molar-refractivity contribution in [3.05, 3.63) is 104 Å². The number of benzene rings is 2. The highest BCUT2D eigenvalue weighted by Gasteiger charge is 2.24. The van der Waals surface area contributed by atoms with Crippen molar-refractivity contribution in [3.8, 4) is 11.5 Å². The average molecular weight is 728 g/mol. The molecule has 0 aliphatic rings. The molecule has 0 saturated heterocycles. The first-order chi connectivity index (χ1) is 23.8. The number of hydrogen-bond donors (Lipinski definition) is 6. The molecule has 0 aliphatic heterocycles. The summed E-state index contributed by atoms with van der Waals surface area (Å²) in [5, 5.41) is 11.4. The lowest BCUT2D eigenvalue weighted by Gasteiger charge is -2.19. The number of aromatic nitrogens is 2. The number of carbonyl (C=O) groups excluding carboxylic acids is 4. The molecule has 2 aromatic heterocycles. The molecular weight excluding hydrogens is 683 g/mol. The SMILES string of the molecule is CCNC(=O)c1cc(OC(C)c2c(C)cccc2C)c(C(=O)NC)[nH]1.CCNC(=O)c1cc(OC(C)c2c(Cl)cccc2Cl)c(C(=O)NC)[nH]1. The molecular formula is C36H44Cl2N6O6. The van der Waals surface area contributed by atoms with E-state index in [1.165, 1.54) is 20.2 Å². The monoisotopic (exact) mass is 726 g/mol. The maximum absolute atomic E-state index is 12.1. The van der Waals surface area contributed by atoms with E-state index in [2.05, 4.69) is 31.2 Å². The molecule has 12 nitrogen and oxygen atoms in total. The normalized spacial score (nSPS) is 11.7. The summed E-state index contributed by atoms with van der Waals surface area (Å²) in [6.07, 6.45) is -0.787. The molecule has 4 rings (SSSR count). The molecule has 0 aliphatic carbocycles. The zero-order valence-corrected chi connectivity index (χ0v) is 30.9. The quantitative estimate of drug-likeness (QED) is 0.0981. The number of ether oxygens (including phenoxy) is 2. The van der Waals surface area contributed by atoms with Gasteiger partial charge in [0.1, 0.15) is 35.0 Å². The maximum Gasteiger partial charge on any atom is 0.271 e. The van der Waals surface area contributed by atoms with Crippen molar-refractivity contribution < 1.29 is 28.7 Å². The lowest BCUT2D eigenvalue weighted by Crippen LogP contribution is -2.23. The fourth-order valence-electron chi connectivity index (χ4n) is 5.27. The highest BCUT2D eigenvalue weighted by atomic mass is 35.5. The molecule has 50 heavy (non-hydrogen) atoms. The van der Waals surface area contributed by atoms with Crippen LogP contribution in [0.2, 0.25) is 10.0 Å². The Kier molecular flexibility index (Phi) is 14.4. The summed E-state index contributed by atoms with van der Waals surface area (Å²) < 4.78 is 11.9. The first-order valence-corrected chi connectivity index (χ1v) is 16.8. The van der Waals surface area contributed by atoms with Crippen molar-refractivity contribution in [1.82, 2.24) is 31.2 Å². The van der Waals surface area contributed by atoms with Crippen LogP contribution in [-0.2, 0) is 0 Å². The summed E-state index contributed by atoms with van der Waals surface area (Å²) in [7, 11) is 3.03. The van der Waals surface area contributed by atoms with E-state index in [4.69, 9.17) is 32.7 Å². The van der Waals surface area contributed by atoms with E-state index >= 15 is 0 Å². The second-order valence-corrected chi connectivity index (χ2v) is 12.0. The van der Waals surface area contributed by atoms with Gasteiger partial charge in [0.25, 0.3) is 23.6 Å². The van der Waals surface area contributed by atoms with Gasteiger partial charge in [-0.15, -0.1) is 0 Å². The summed E-state index contributed by atoms with van der Waals surface area (Å²) in [6.45, 7) is 12.4. The first-order valence-electron chi connectivity index (χ1n) is 16.1. The molecule has 4 amide bonds. The van der Waals surface area contributed by atoms with Crippen LogP contribution in [0.5, 0.6) is 11.5 Å². The van der Waals surface area contributed by atoms with Gasteiger partial charge in [0.05, 0.1) is 0 Å². The molecule has 2 atom stereocenters. The van der Waals surface area contributed by atoms with Crippen molar-refractivity contribution in [2.75, 3.05) is 27.2 Å². The summed E-state index contributed by atoms with van der Waals surface area (Å²) >= 11 is 12.4. The Morgan fingerprint density at radius 3 is 1.42 bits per heavy atom. The molecule has 0 radical (unpaired) electrons. The molecule has 0 saturated carbocycles. The van der Waals surface area contributed by atoms with Crippen molar-refractivity contribution in [3.63, 3.8) is 0 Å². The number of amides is 4. The Bertz CT molecular complexity index is 1660. The Labute approximate surface area is 302 Å².